The third-order valence-electron chi connectivity index (χ3n) is 2.37. The Morgan fingerprint density at radius 1 is 1.36 bits per heavy atom. The molecule has 1 heterocycles. The molecule has 0 radical (unpaired) electrons. The summed E-state index contributed by atoms with van der Waals surface area (Å²) in [7, 11) is -2.98. The second-order valence-corrected chi connectivity index (χ2v) is 7.48. The van der Waals surface area contributed by atoms with Crippen molar-refractivity contribution in [2.75, 3.05) is 25.5 Å². The maximum Gasteiger partial charge on any atom is 0.156 e. The molecule has 1 saturated heterocycles. The van der Waals surface area contributed by atoms with Gasteiger partial charge in [-0.15, -0.1) is 0 Å². The monoisotopic (exact) mass is 221 g/mol. The van der Waals surface area contributed by atoms with Crippen LogP contribution in [0, 0.1) is 0 Å². The molecule has 0 spiro atoms. The molecule has 1 aliphatic rings. The summed E-state index contributed by atoms with van der Waals surface area (Å²) in [5.41, 5.74) is 0. The molecular weight excluding hydrogens is 202 g/mol. The zero-order valence-electron chi connectivity index (χ0n) is 9.04. The second kappa shape index (κ2) is 4.16. The number of nitrogens with one attached hydrogen (secondary N) is 1. The zero-order valence-corrected chi connectivity index (χ0v) is 9.86. The Morgan fingerprint density at radius 3 is 2.29 bits per heavy atom. The summed E-state index contributed by atoms with van der Waals surface area (Å²) in [6.45, 7) is 7.12. The molecule has 84 valence electrons. The summed E-state index contributed by atoms with van der Waals surface area (Å²) < 4.78 is 27.7. The largest absolute Gasteiger partial charge is 0.378 e. The summed E-state index contributed by atoms with van der Waals surface area (Å²) >= 11 is 0. The van der Waals surface area contributed by atoms with E-state index in [1.54, 1.807) is 20.8 Å². The fourth-order valence-electron chi connectivity index (χ4n) is 1.06. The van der Waals surface area contributed by atoms with Crippen LogP contribution in [0.1, 0.15) is 20.8 Å². The molecule has 1 fully saturated rings. The Bertz CT molecular complexity index is 275. The Hall–Kier alpha value is -0.130. The fourth-order valence-corrected chi connectivity index (χ4v) is 2.06. The van der Waals surface area contributed by atoms with Crippen molar-refractivity contribution in [2.24, 2.45) is 0 Å². The van der Waals surface area contributed by atoms with Gasteiger partial charge < -0.3 is 10.1 Å². The van der Waals surface area contributed by atoms with Gasteiger partial charge in [-0.05, 0) is 20.8 Å². The minimum atomic E-state index is -2.98. The highest BCUT2D eigenvalue weighted by molar-refractivity contribution is 7.92. The minimum Gasteiger partial charge on any atom is -0.378 e. The van der Waals surface area contributed by atoms with Gasteiger partial charge in [-0.25, -0.2) is 8.42 Å². The summed E-state index contributed by atoms with van der Waals surface area (Å²) in [6, 6.07) is 0.352. The van der Waals surface area contributed by atoms with Gasteiger partial charge in [-0.3, -0.25) is 0 Å². The highest BCUT2D eigenvalue weighted by atomic mass is 32.2. The van der Waals surface area contributed by atoms with E-state index in [9.17, 15) is 8.42 Å². The van der Waals surface area contributed by atoms with Gasteiger partial charge in [0, 0.05) is 6.54 Å². The van der Waals surface area contributed by atoms with E-state index < -0.39 is 14.6 Å². The highest BCUT2D eigenvalue weighted by Gasteiger charge is 2.28. The molecule has 0 bridgehead atoms. The standard InChI is InChI=1S/C9H19NO3S/c1-9(2,3)14(11,12)5-4-10-8-6-13-7-8/h8,10H,4-7H2,1-3H3. The first-order chi connectivity index (χ1) is 6.33. The predicted molar refractivity (Wildman–Crippen MR) is 56.1 cm³/mol. The van der Waals surface area contributed by atoms with Crippen LogP contribution in [0.3, 0.4) is 0 Å². The van der Waals surface area contributed by atoms with E-state index >= 15 is 0 Å². The quantitative estimate of drug-likeness (QED) is 0.736. The van der Waals surface area contributed by atoms with Crippen molar-refractivity contribution in [1.82, 2.24) is 5.32 Å². The van der Waals surface area contributed by atoms with E-state index in [-0.39, 0.29) is 5.75 Å². The smallest absolute Gasteiger partial charge is 0.156 e. The lowest BCUT2D eigenvalue weighted by molar-refractivity contribution is -0.00411. The van der Waals surface area contributed by atoms with E-state index in [2.05, 4.69) is 5.32 Å². The molecule has 1 aliphatic heterocycles. The normalized spacial score (nSPS) is 19.4. The van der Waals surface area contributed by atoms with Crippen molar-refractivity contribution in [3.05, 3.63) is 0 Å². The van der Waals surface area contributed by atoms with Crippen LogP contribution in [0.15, 0.2) is 0 Å². The van der Waals surface area contributed by atoms with Crippen molar-refractivity contribution in [3.63, 3.8) is 0 Å². The summed E-state index contributed by atoms with van der Waals surface area (Å²) in [5.74, 6) is 0.201. The van der Waals surface area contributed by atoms with Gasteiger partial charge in [0.1, 0.15) is 0 Å². The molecule has 0 aromatic rings. The van der Waals surface area contributed by atoms with Crippen LogP contribution in [-0.4, -0.2) is 44.7 Å². The molecule has 4 nitrogen and oxygen atoms in total. The average molecular weight is 221 g/mol. The Balaban J connectivity index is 2.29. The van der Waals surface area contributed by atoms with Crippen LogP contribution in [0.5, 0.6) is 0 Å². The van der Waals surface area contributed by atoms with E-state index in [1.165, 1.54) is 0 Å². The number of hydrogen-bond donors (Lipinski definition) is 1. The Morgan fingerprint density at radius 2 is 1.93 bits per heavy atom. The van der Waals surface area contributed by atoms with E-state index in [1.807, 2.05) is 0 Å². The van der Waals surface area contributed by atoms with E-state index in [0.717, 1.165) is 0 Å². The van der Waals surface area contributed by atoms with Gasteiger partial charge in [0.05, 0.1) is 29.8 Å². The van der Waals surface area contributed by atoms with Crippen LogP contribution < -0.4 is 5.32 Å². The molecule has 0 saturated carbocycles. The molecule has 0 atom stereocenters. The molecule has 0 aromatic carbocycles. The van der Waals surface area contributed by atoms with Crippen molar-refractivity contribution in [2.45, 2.75) is 31.6 Å². The first-order valence-electron chi connectivity index (χ1n) is 4.86. The van der Waals surface area contributed by atoms with Crippen molar-refractivity contribution in [1.29, 1.82) is 0 Å². The van der Waals surface area contributed by atoms with Crippen LogP contribution >= 0.6 is 0 Å². The molecule has 0 aliphatic carbocycles. The maximum atomic E-state index is 11.7. The number of rotatable bonds is 4. The number of sulfone groups is 1. The van der Waals surface area contributed by atoms with Gasteiger partial charge >= 0.3 is 0 Å². The van der Waals surface area contributed by atoms with Gasteiger partial charge in [-0.1, -0.05) is 0 Å². The molecular formula is C9H19NO3S. The molecule has 1 N–H and O–H groups in total. The van der Waals surface area contributed by atoms with Gasteiger partial charge in [0.15, 0.2) is 9.84 Å². The summed E-state index contributed by atoms with van der Waals surface area (Å²) in [5, 5.41) is 3.14. The zero-order chi connectivity index (χ0) is 10.8. The molecule has 14 heavy (non-hydrogen) atoms. The van der Waals surface area contributed by atoms with Gasteiger partial charge in [0.2, 0.25) is 0 Å². The summed E-state index contributed by atoms with van der Waals surface area (Å²) in [6.07, 6.45) is 0. The molecule has 0 amide bonds. The maximum absolute atomic E-state index is 11.7. The third kappa shape index (κ3) is 2.93. The van der Waals surface area contributed by atoms with Crippen LogP contribution in [0.2, 0.25) is 0 Å². The minimum absolute atomic E-state index is 0.201. The predicted octanol–water partition coefficient (Wildman–Crippen LogP) is 0.188. The molecule has 1 rings (SSSR count). The lowest BCUT2D eigenvalue weighted by Gasteiger charge is -2.27. The van der Waals surface area contributed by atoms with Crippen LogP contribution in [0.25, 0.3) is 0 Å². The summed E-state index contributed by atoms with van der Waals surface area (Å²) in [4.78, 5) is 0. The first-order valence-corrected chi connectivity index (χ1v) is 6.51. The molecule has 5 heteroatoms. The van der Waals surface area contributed by atoms with E-state index in [4.69, 9.17) is 4.74 Å². The van der Waals surface area contributed by atoms with Crippen molar-refractivity contribution >= 4 is 9.84 Å². The second-order valence-electron chi connectivity index (χ2n) is 4.62. The van der Waals surface area contributed by atoms with Crippen molar-refractivity contribution < 1.29 is 13.2 Å². The Labute approximate surface area is 85.9 Å². The van der Waals surface area contributed by atoms with Gasteiger partial charge in [0.25, 0.3) is 0 Å². The Kier molecular flexibility index (Phi) is 3.55. The van der Waals surface area contributed by atoms with Crippen LogP contribution in [-0.2, 0) is 14.6 Å². The number of ether oxygens (including phenoxy) is 1. The fraction of sp³-hybridized carbons (Fsp3) is 1.00. The SMILES string of the molecule is CC(C)(C)S(=O)(=O)CCNC1COC1. The van der Waals surface area contributed by atoms with Crippen molar-refractivity contribution in [3.8, 4) is 0 Å². The number of hydrogen-bond acceptors (Lipinski definition) is 4. The molecule has 0 aromatic heterocycles. The average Bonchev–Trinajstić information content (AvgIpc) is 1.92. The topological polar surface area (TPSA) is 55.4 Å². The van der Waals surface area contributed by atoms with Gasteiger partial charge in [-0.2, -0.15) is 0 Å². The third-order valence-corrected chi connectivity index (χ3v) is 4.98. The van der Waals surface area contributed by atoms with E-state index in [0.29, 0.717) is 25.8 Å². The highest BCUT2D eigenvalue weighted by Crippen LogP contribution is 2.15. The lowest BCUT2D eigenvalue weighted by Crippen LogP contribution is -2.48. The lowest BCUT2D eigenvalue weighted by atomic mass is 10.2. The first kappa shape index (κ1) is 11.9. The molecule has 0 unspecified atom stereocenters. The van der Waals surface area contributed by atoms with Crippen LogP contribution in [0.4, 0.5) is 0 Å².